The molecule has 1 aromatic carbocycles. The van der Waals surface area contributed by atoms with Crippen LogP contribution in [-0.4, -0.2) is 23.9 Å². The smallest absolute Gasteiger partial charge is 0.123 e. The number of nitrogens with two attached hydrogens (primary N) is 1. The fourth-order valence-electron chi connectivity index (χ4n) is 3.27. The third-order valence-corrected chi connectivity index (χ3v) is 5.08. The summed E-state index contributed by atoms with van der Waals surface area (Å²) < 4.78 is 5.72. The molecule has 19 heavy (non-hydrogen) atoms. The Balaban J connectivity index is 2.56. The van der Waals surface area contributed by atoms with Crippen molar-refractivity contribution in [2.75, 3.05) is 13.2 Å². The average Bonchev–Trinajstić information content (AvgIpc) is 2.45. The van der Waals surface area contributed by atoms with E-state index in [1.807, 2.05) is 31.2 Å². The van der Waals surface area contributed by atoms with Crippen molar-refractivity contribution in [2.24, 2.45) is 11.7 Å². The van der Waals surface area contributed by atoms with Crippen molar-refractivity contribution in [3.05, 3.63) is 29.8 Å². The molecule has 1 aliphatic rings. The topological polar surface area (TPSA) is 55.5 Å². The van der Waals surface area contributed by atoms with E-state index in [9.17, 15) is 5.11 Å². The average molecular weight is 263 g/mol. The molecule has 3 nitrogen and oxygen atoms in total. The molecule has 2 rings (SSSR count). The second-order valence-electron chi connectivity index (χ2n) is 5.84. The molecule has 106 valence electrons. The summed E-state index contributed by atoms with van der Waals surface area (Å²) in [4.78, 5) is 0. The Labute approximate surface area is 115 Å². The van der Waals surface area contributed by atoms with E-state index in [0.29, 0.717) is 13.2 Å². The summed E-state index contributed by atoms with van der Waals surface area (Å²) in [6.07, 6.45) is 1.69. The van der Waals surface area contributed by atoms with Gasteiger partial charge in [-0.1, -0.05) is 38.5 Å². The van der Waals surface area contributed by atoms with Crippen LogP contribution in [0.25, 0.3) is 0 Å². The van der Waals surface area contributed by atoms with E-state index in [-0.39, 0.29) is 5.92 Å². The van der Waals surface area contributed by atoms with Crippen LogP contribution in [0.3, 0.4) is 0 Å². The molecule has 1 aromatic rings. The van der Waals surface area contributed by atoms with E-state index in [2.05, 4.69) is 13.8 Å². The van der Waals surface area contributed by atoms with Crippen molar-refractivity contribution >= 4 is 0 Å². The fourth-order valence-corrected chi connectivity index (χ4v) is 3.27. The van der Waals surface area contributed by atoms with Crippen LogP contribution < -0.4 is 10.5 Å². The highest BCUT2D eigenvalue weighted by atomic mass is 16.5. The molecule has 0 aromatic heterocycles. The maximum Gasteiger partial charge on any atom is 0.123 e. The van der Waals surface area contributed by atoms with Crippen molar-refractivity contribution in [2.45, 2.75) is 44.6 Å². The minimum atomic E-state index is -0.837. The molecule has 0 saturated heterocycles. The van der Waals surface area contributed by atoms with Crippen LogP contribution in [-0.2, 0) is 5.41 Å². The lowest BCUT2D eigenvalue weighted by Crippen LogP contribution is -2.59. The molecule has 3 unspecified atom stereocenters. The molecule has 0 bridgehead atoms. The van der Waals surface area contributed by atoms with Gasteiger partial charge in [-0.15, -0.1) is 0 Å². The Kier molecular flexibility index (Phi) is 3.88. The molecule has 3 atom stereocenters. The maximum absolute atomic E-state index is 11.2. The lowest BCUT2D eigenvalue weighted by atomic mass is 9.60. The molecule has 0 spiro atoms. The Morgan fingerprint density at radius 1 is 1.47 bits per heavy atom. The molecule has 0 fully saturated rings. The highest BCUT2D eigenvalue weighted by molar-refractivity contribution is 5.44. The van der Waals surface area contributed by atoms with E-state index in [1.54, 1.807) is 0 Å². The van der Waals surface area contributed by atoms with Crippen molar-refractivity contribution < 1.29 is 9.84 Å². The number of fused-ring (bicyclic) bond motifs is 1. The van der Waals surface area contributed by atoms with E-state index in [0.717, 1.165) is 24.2 Å². The summed E-state index contributed by atoms with van der Waals surface area (Å²) in [6.45, 7) is 7.17. The van der Waals surface area contributed by atoms with Crippen molar-refractivity contribution in [1.29, 1.82) is 0 Å². The van der Waals surface area contributed by atoms with Gasteiger partial charge >= 0.3 is 0 Å². The van der Waals surface area contributed by atoms with Gasteiger partial charge in [0, 0.05) is 17.5 Å². The summed E-state index contributed by atoms with van der Waals surface area (Å²) in [5, 5.41) is 11.2. The Morgan fingerprint density at radius 3 is 2.79 bits per heavy atom. The summed E-state index contributed by atoms with van der Waals surface area (Å²) in [5.74, 6) is 1.05. The summed E-state index contributed by atoms with van der Waals surface area (Å²) in [7, 11) is 0. The van der Waals surface area contributed by atoms with Crippen LogP contribution in [0.2, 0.25) is 0 Å². The van der Waals surface area contributed by atoms with Crippen molar-refractivity contribution in [1.82, 2.24) is 0 Å². The first-order valence-corrected chi connectivity index (χ1v) is 7.14. The zero-order valence-corrected chi connectivity index (χ0v) is 12.1. The van der Waals surface area contributed by atoms with E-state index in [4.69, 9.17) is 10.5 Å². The summed E-state index contributed by atoms with van der Waals surface area (Å²) in [5.41, 5.74) is 5.91. The third kappa shape index (κ3) is 2.05. The minimum absolute atomic E-state index is 0.183. The number of rotatable bonds is 4. The van der Waals surface area contributed by atoms with Crippen LogP contribution in [0.1, 0.15) is 39.2 Å². The largest absolute Gasteiger partial charge is 0.493 e. The molecule has 0 amide bonds. The standard InChI is InChI=1S/C16H25NO2/c1-4-12(2)15(3,18)16(11-17)9-10-19-14-8-6-5-7-13(14)16/h5-8,12,18H,4,9-11,17H2,1-3H3. The normalized spacial score (nSPS) is 27.0. The highest BCUT2D eigenvalue weighted by Crippen LogP contribution is 2.48. The predicted octanol–water partition coefficient (Wildman–Crippen LogP) is 2.46. The van der Waals surface area contributed by atoms with Gasteiger partial charge in [0.1, 0.15) is 5.75 Å². The summed E-state index contributed by atoms with van der Waals surface area (Å²) in [6, 6.07) is 7.96. The van der Waals surface area contributed by atoms with Crippen molar-refractivity contribution in [3.8, 4) is 5.75 Å². The molecule has 0 radical (unpaired) electrons. The zero-order chi connectivity index (χ0) is 14.1. The summed E-state index contributed by atoms with van der Waals surface area (Å²) >= 11 is 0. The first-order valence-electron chi connectivity index (χ1n) is 7.14. The SMILES string of the molecule is CCC(C)C(C)(O)C1(CN)CCOc2ccccc21. The number of aliphatic hydroxyl groups is 1. The number of para-hydroxylation sites is 1. The van der Waals surface area contributed by atoms with Gasteiger partial charge in [0.15, 0.2) is 0 Å². The first-order chi connectivity index (χ1) is 8.99. The maximum atomic E-state index is 11.2. The van der Waals surface area contributed by atoms with E-state index in [1.165, 1.54) is 0 Å². The Morgan fingerprint density at radius 2 is 2.16 bits per heavy atom. The second-order valence-corrected chi connectivity index (χ2v) is 5.84. The first kappa shape index (κ1) is 14.4. The van der Waals surface area contributed by atoms with Gasteiger partial charge in [-0.25, -0.2) is 0 Å². The second kappa shape index (κ2) is 5.14. The Bertz CT molecular complexity index is 444. The van der Waals surface area contributed by atoms with E-state index < -0.39 is 11.0 Å². The molecule has 1 aliphatic heterocycles. The quantitative estimate of drug-likeness (QED) is 0.877. The number of hydrogen-bond acceptors (Lipinski definition) is 3. The van der Waals surface area contributed by atoms with E-state index >= 15 is 0 Å². The lowest BCUT2D eigenvalue weighted by molar-refractivity contribution is -0.0790. The van der Waals surface area contributed by atoms with Gasteiger partial charge < -0.3 is 15.6 Å². The molecule has 0 aliphatic carbocycles. The molecule has 0 saturated carbocycles. The highest BCUT2D eigenvalue weighted by Gasteiger charge is 2.52. The molecule has 1 heterocycles. The zero-order valence-electron chi connectivity index (χ0n) is 12.1. The van der Waals surface area contributed by atoms with Crippen LogP contribution in [0.5, 0.6) is 5.75 Å². The third-order valence-electron chi connectivity index (χ3n) is 5.08. The van der Waals surface area contributed by atoms with Crippen molar-refractivity contribution in [3.63, 3.8) is 0 Å². The van der Waals surface area contributed by atoms with Gasteiger partial charge in [0.25, 0.3) is 0 Å². The monoisotopic (exact) mass is 263 g/mol. The minimum Gasteiger partial charge on any atom is -0.493 e. The van der Waals surface area contributed by atoms with Crippen LogP contribution in [0, 0.1) is 5.92 Å². The Hall–Kier alpha value is -1.06. The van der Waals surface area contributed by atoms with Gasteiger partial charge in [0.2, 0.25) is 0 Å². The van der Waals surface area contributed by atoms with Crippen LogP contribution >= 0.6 is 0 Å². The number of hydrogen-bond donors (Lipinski definition) is 2. The lowest BCUT2D eigenvalue weighted by Gasteiger charge is -2.50. The molecule has 3 heteroatoms. The number of benzene rings is 1. The van der Waals surface area contributed by atoms with Gasteiger partial charge in [-0.05, 0) is 25.3 Å². The van der Waals surface area contributed by atoms with Crippen LogP contribution in [0.4, 0.5) is 0 Å². The number of ether oxygens (including phenoxy) is 1. The molecule has 3 N–H and O–H groups in total. The van der Waals surface area contributed by atoms with Gasteiger partial charge in [-0.2, -0.15) is 0 Å². The van der Waals surface area contributed by atoms with Crippen LogP contribution in [0.15, 0.2) is 24.3 Å². The molecular weight excluding hydrogens is 238 g/mol. The predicted molar refractivity (Wildman–Crippen MR) is 77.4 cm³/mol. The fraction of sp³-hybridized carbons (Fsp3) is 0.625. The van der Waals surface area contributed by atoms with Gasteiger partial charge in [0.05, 0.1) is 12.2 Å². The molecular formula is C16H25NO2. The van der Waals surface area contributed by atoms with Gasteiger partial charge in [-0.3, -0.25) is 0 Å².